The zero-order valence-electron chi connectivity index (χ0n) is 9.50. The van der Waals surface area contributed by atoms with Crippen LogP contribution in [0.5, 0.6) is 0 Å². The molecule has 0 spiro atoms. The maximum absolute atomic E-state index is 11.8. The molecule has 0 saturated heterocycles. The molecule has 1 amide bonds. The molecular weight excluding hydrogens is 188 g/mol. The first-order valence-electron chi connectivity index (χ1n) is 5.13. The number of hydrogen-bond donors (Lipinski definition) is 2. The van der Waals surface area contributed by atoms with Crippen molar-refractivity contribution in [1.29, 1.82) is 0 Å². The number of hydrogen-bond acceptors (Lipinski definition) is 2. The second-order valence-corrected chi connectivity index (χ2v) is 4.28. The number of nitrogens with one attached hydrogen (secondary N) is 1. The Morgan fingerprint density at radius 3 is 2.53 bits per heavy atom. The smallest absolute Gasteiger partial charge is 0.253 e. The molecule has 0 fully saturated rings. The molecule has 0 aliphatic heterocycles. The average Bonchev–Trinajstić information content (AvgIpc) is 2.17. The van der Waals surface area contributed by atoms with Gasteiger partial charge in [-0.25, -0.2) is 0 Å². The van der Waals surface area contributed by atoms with Crippen molar-refractivity contribution < 1.29 is 4.79 Å². The Morgan fingerprint density at radius 2 is 2.00 bits per heavy atom. The predicted molar refractivity (Wildman–Crippen MR) is 62.7 cm³/mol. The topological polar surface area (TPSA) is 55.1 Å². The molecule has 0 radical (unpaired) electrons. The van der Waals surface area contributed by atoms with E-state index in [-0.39, 0.29) is 11.4 Å². The molecule has 0 heterocycles. The quantitative estimate of drug-likeness (QED) is 0.745. The highest BCUT2D eigenvalue weighted by atomic mass is 16.1. The van der Waals surface area contributed by atoms with Crippen LogP contribution in [0.2, 0.25) is 0 Å². The molecular formula is C12H18N2O. The molecule has 3 nitrogen and oxygen atoms in total. The van der Waals surface area contributed by atoms with Gasteiger partial charge in [0.1, 0.15) is 0 Å². The van der Waals surface area contributed by atoms with Gasteiger partial charge >= 0.3 is 0 Å². The SMILES string of the molecule is CCC(C)(C)NC(=O)c1ccccc1N. The van der Waals surface area contributed by atoms with Crippen molar-refractivity contribution in [3.8, 4) is 0 Å². The third-order valence-corrected chi connectivity index (χ3v) is 2.54. The first kappa shape index (κ1) is 11.6. The van der Waals surface area contributed by atoms with E-state index in [4.69, 9.17) is 5.73 Å². The summed E-state index contributed by atoms with van der Waals surface area (Å²) in [6.45, 7) is 6.02. The van der Waals surface area contributed by atoms with E-state index in [2.05, 4.69) is 5.32 Å². The Labute approximate surface area is 90.7 Å². The molecule has 0 bridgehead atoms. The third-order valence-electron chi connectivity index (χ3n) is 2.54. The molecule has 3 N–H and O–H groups in total. The molecule has 0 unspecified atom stereocenters. The minimum Gasteiger partial charge on any atom is -0.398 e. The lowest BCUT2D eigenvalue weighted by molar-refractivity contribution is 0.0912. The number of anilines is 1. The minimum absolute atomic E-state index is 0.111. The second-order valence-electron chi connectivity index (χ2n) is 4.28. The molecule has 3 heteroatoms. The van der Waals surface area contributed by atoms with Crippen LogP contribution in [-0.2, 0) is 0 Å². The fourth-order valence-electron chi connectivity index (χ4n) is 1.17. The monoisotopic (exact) mass is 206 g/mol. The van der Waals surface area contributed by atoms with E-state index >= 15 is 0 Å². The molecule has 0 aliphatic rings. The molecule has 0 saturated carbocycles. The van der Waals surface area contributed by atoms with E-state index in [1.54, 1.807) is 12.1 Å². The first-order valence-corrected chi connectivity index (χ1v) is 5.13. The number of nitrogen functional groups attached to an aromatic ring is 1. The summed E-state index contributed by atoms with van der Waals surface area (Å²) in [5.41, 5.74) is 6.58. The van der Waals surface area contributed by atoms with Crippen LogP contribution in [0.4, 0.5) is 5.69 Å². The van der Waals surface area contributed by atoms with Gasteiger partial charge in [0.05, 0.1) is 5.56 Å². The zero-order chi connectivity index (χ0) is 11.5. The number of nitrogens with two attached hydrogens (primary N) is 1. The number of amides is 1. The molecule has 0 aromatic heterocycles. The number of para-hydroxylation sites is 1. The maximum Gasteiger partial charge on any atom is 0.253 e. The number of carbonyl (C=O) groups is 1. The fourth-order valence-corrected chi connectivity index (χ4v) is 1.17. The summed E-state index contributed by atoms with van der Waals surface area (Å²) in [6, 6.07) is 7.09. The highest BCUT2D eigenvalue weighted by Crippen LogP contribution is 2.13. The molecule has 1 aromatic rings. The van der Waals surface area contributed by atoms with Gasteiger partial charge in [0, 0.05) is 11.2 Å². The van der Waals surface area contributed by atoms with Gasteiger partial charge in [-0.3, -0.25) is 4.79 Å². The van der Waals surface area contributed by atoms with Crippen molar-refractivity contribution in [2.45, 2.75) is 32.7 Å². The molecule has 1 aromatic carbocycles. The lowest BCUT2D eigenvalue weighted by Gasteiger charge is -2.24. The van der Waals surface area contributed by atoms with E-state index in [1.807, 2.05) is 32.9 Å². The van der Waals surface area contributed by atoms with Crippen LogP contribution in [0.15, 0.2) is 24.3 Å². The number of rotatable bonds is 3. The highest BCUT2D eigenvalue weighted by Gasteiger charge is 2.19. The van der Waals surface area contributed by atoms with Crippen LogP contribution >= 0.6 is 0 Å². The van der Waals surface area contributed by atoms with E-state index < -0.39 is 0 Å². The van der Waals surface area contributed by atoms with Crippen molar-refractivity contribution >= 4 is 11.6 Å². The Bertz CT molecular complexity index is 358. The largest absolute Gasteiger partial charge is 0.398 e. The van der Waals surface area contributed by atoms with Crippen molar-refractivity contribution in [1.82, 2.24) is 5.32 Å². The highest BCUT2D eigenvalue weighted by molar-refractivity contribution is 5.99. The van der Waals surface area contributed by atoms with Gasteiger partial charge in [0.15, 0.2) is 0 Å². The van der Waals surface area contributed by atoms with Gasteiger partial charge in [-0.15, -0.1) is 0 Å². The first-order chi connectivity index (χ1) is 6.96. The predicted octanol–water partition coefficient (Wildman–Crippen LogP) is 2.19. The van der Waals surface area contributed by atoms with E-state index in [0.717, 1.165) is 6.42 Å². The van der Waals surface area contributed by atoms with Gasteiger partial charge in [0.2, 0.25) is 0 Å². The van der Waals surface area contributed by atoms with Crippen molar-refractivity contribution in [2.24, 2.45) is 0 Å². The summed E-state index contributed by atoms with van der Waals surface area (Å²) >= 11 is 0. The van der Waals surface area contributed by atoms with Crippen LogP contribution in [0.25, 0.3) is 0 Å². The summed E-state index contributed by atoms with van der Waals surface area (Å²) in [4.78, 5) is 11.8. The number of benzene rings is 1. The van der Waals surface area contributed by atoms with Crippen LogP contribution in [0.1, 0.15) is 37.6 Å². The minimum atomic E-state index is -0.195. The van der Waals surface area contributed by atoms with Gasteiger partial charge < -0.3 is 11.1 Å². The van der Waals surface area contributed by atoms with E-state index in [0.29, 0.717) is 11.3 Å². The van der Waals surface area contributed by atoms with Gasteiger partial charge in [-0.2, -0.15) is 0 Å². The van der Waals surface area contributed by atoms with Crippen molar-refractivity contribution in [3.05, 3.63) is 29.8 Å². The van der Waals surface area contributed by atoms with Crippen LogP contribution < -0.4 is 11.1 Å². The summed E-state index contributed by atoms with van der Waals surface area (Å²) in [5.74, 6) is -0.111. The summed E-state index contributed by atoms with van der Waals surface area (Å²) < 4.78 is 0. The van der Waals surface area contributed by atoms with Crippen LogP contribution in [-0.4, -0.2) is 11.4 Å². The van der Waals surface area contributed by atoms with Gasteiger partial charge in [0.25, 0.3) is 5.91 Å². The standard InChI is InChI=1S/C12H18N2O/c1-4-12(2,3)14-11(15)9-7-5-6-8-10(9)13/h5-8H,4,13H2,1-3H3,(H,14,15). The molecule has 1 rings (SSSR count). The summed E-state index contributed by atoms with van der Waals surface area (Å²) in [5, 5.41) is 2.94. The lowest BCUT2D eigenvalue weighted by Crippen LogP contribution is -2.42. The molecule has 82 valence electrons. The molecule has 15 heavy (non-hydrogen) atoms. The molecule has 0 atom stereocenters. The Balaban J connectivity index is 2.83. The lowest BCUT2D eigenvalue weighted by atomic mass is 10.0. The summed E-state index contributed by atoms with van der Waals surface area (Å²) in [6.07, 6.45) is 0.880. The molecule has 0 aliphatic carbocycles. The fraction of sp³-hybridized carbons (Fsp3) is 0.417. The second kappa shape index (κ2) is 4.34. The zero-order valence-corrected chi connectivity index (χ0v) is 9.50. The van der Waals surface area contributed by atoms with Crippen molar-refractivity contribution in [2.75, 3.05) is 5.73 Å². The van der Waals surface area contributed by atoms with Gasteiger partial charge in [-0.1, -0.05) is 19.1 Å². The Hall–Kier alpha value is -1.51. The average molecular weight is 206 g/mol. The maximum atomic E-state index is 11.8. The normalized spacial score (nSPS) is 11.1. The van der Waals surface area contributed by atoms with Gasteiger partial charge in [-0.05, 0) is 32.4 Å². The summed E-state index contributed by atoms with van der Waals surface area (Å²) in [7, 11) is 0. The van der Waals surface area contributed by atoms with Crippen LogP contribution in [0.3, 0.4) is 0 Å². The number of carbonyl (C=O) groups excluding carboxylic acids is 1. The Kier molecular flexibility index (Phi) is 3.35. The van der Waals surface area contributed by atoms with E-state index in [9.17, 15) is 4.79 Å². The van der Waals surface area contributed by atoms with E-state index in [1.165, 1.54) is 0 Å². The van der Waals surface area contributed by atoms with Crippen molar-refractivity contribution in [3.63, 3.8) is 0 Å². The van der Waals surface area contributed by atoms with Crippen LogP contribution in [0, 0.1) is 0 Å². The third kappa shape index (κ3) is 2.98. The Morgan fingerprint density at radius 1 is 1.40 bits per heavy atom.